The topological polar surface area (TPSA) is 96.3 Å². The summed E-state index contributed by atoms with van der Waals surface area (Å²) in [5.74, 6) is 0.348. The number of oxazole rings is 1. The summed E-state index contributed by atoms with van der Waals surface area (Å²) in [6.45, 7) is 0. The van der Waals surface area contributed by atoms with Crippen molar-refractivity contribution >= 4 is 28.9 Å². The van der Waals surface area contributed by atoms with Gasteiger partial charge in [0.05, 0.1) is 12.5 Å². The summed E-state index contributed by atoms with van der Waals surface area (Å²) in [6, 6.07) is 15.7. The van der Waals surface area contributed by atoms with E-state index in [1.54, 1.807) is 0 Å². The molecule has 0 spiro atoms. The first-order valence-electron chi connectivity index (χ1n) is 10.5. The number of aromatic nitrogens is 1. The lowest BCUT2D eigenvalue weighted by Crippen LogP contribution is -2.55. The van der Waals surface area contributed by atoms with E-state index in [4.69, 9.17) is 4.42 Å². The van der Waals surface area contributed by atoms with Gasteiger partial charge < -0.3 is 4.42 Å². The van der Waals surface area contributed by atoms with Crippen LogP contribution in [-0.4, -0.2) is 16.8 Å². The zero-order valence-corrected chi connectivity index (χ0v) is 16.6. The lowest BCUT2D eigenvalue weighted by Gasteiger charge is -2.41. The predicted molar refractivity (Wildman–Crippen MR) is 112 cm³/mol. The molecule has 0 radical (unpaired) electrons. The van der Waals surface area contributed by atoms with E-state index in [1.165, 1.54) is 6.42 Å². The Balaban J connectivity index is 1.24. The van der Waals surface area contributed by atoms with Crippen molar-refractivity contribution in [1.29, 1.82) is 0 Å². The standard InChI is InChI=1S/C23H24N4O3/c28-20(25-23-24-18-7-3-4-8-19(18)30-23)13-14-9-11-15(12-10-14)21-16-5-1-2-6-17(16)22(29)27-26-21/h3-4,7-12,16-17,21,26H,1-2,5-6,13H2,(H,27,29)(H,24,25,28). The number of carbonyl (C=O) groups is 2. The van der Waals surface area contributed by atoms with E-state index in [-0.39, 0.29) is 36.2 Å². The normalized spacial score (nSPS) is 23.6. The monoisotopic (exact) mass is 404 g/mol. The van der Waals surface area contributed by atoms with Crippen LogP contribution >= 0.6 is 0 Å². The van der Waals surface area contributed by atoms with E-state index in [2.05, 4.69) is 21.2 Å². The Morgan fingerprint density at radius 1 is 1.10 bits per heavy atom. The third-order valence-electron chi connectivity index (χ3n) is 6.18. The highest BCUT2D eigenvalue weighted by Gasteiger charge is 2.40. The number of fused-ring (bicyclic) bond motifs is 2. The lowest BCUT2D eigenvalue weighted by atomic mass is 9.72. The van der Waals surface area contributed by atoms with Crippen LogP contribution in [0.2, 0.25) is 0 Å². The average Bonchev–Trinajstić information content (AvgIpc) is 3.17. The van der Waals surface area contributed by atoms with Gasteiger partial charge in [0.2, 0.25) is 11.8 Å². The molecule has 2 aliphatic rings. The molecule has 5 rings (SSSR count). The van der Waals surface area contributed by atoms with E-state index in [0.717, 1.165) is 30.4 Å². The molecule has 154 valence electrons. The molecule has 1 saturated carbocycles. The zero-order chi connectivity index (χ0) is 20.5. The average molecular weight is 404 g/mol. The van der Waals surface area contributed by atoms with Gasteiger partial charge in [-0.25, -0.2) is 5.43 Å². The number of hydrogen-bond acceptors (Lipinski definition) is 5. The third kappa shape index (κ3) is 3.68. The summed E-state index contributed by atoms with van der Waals surface area (Å²) >= 11 is 0. The zero-order valence-electron chi connectivity index (χ0n) is 16.6. The molecule has 1 aromatic heterocycles. The van der Waals surface area contributed by atoms with Crippen molar-refractivity contribution in [3.8, 4) is 0 Å². The van der Waals surface area contributed by atoms with Gasteiger partial charge in [0, 0.05) is 5.92 Å². The van der Waals surface area contributed by atoms with Crippen LogP contribution in [0.15, 0.2) is 52.9 Å². The molecule has 7 nitrogen and oxygen atoms in total. The number of hydrazine groups is 1. The fraction of sp³-hybridized carbons (Fsp3) is 0.348. The maximum atomic E-state index is 12.4. The molecule has 2 amide bonds. The number of anilines is 1. The fourth-order valence-electron chi connectivity index (χ4n) is 4.68. The van der Waals surface area contributed by atoms with Gasteiger partial charge in [-0.15, -0.1) is 0 Å². The van der Waals surface area contributed by atoms with Gasteiger partial charge in [0.15, 0.2) is 5.58 Å². The van der Waals surface area contributed by atoms with Crippen molar-refractivity contribution < 1.29 is 14.0 Å². The summed E-state index contributed by atoms with van der Waals surface area (Å²) in [5, 5.41) is 2.72. The molecule has 3 aromatic rings. The van der Waals surface area contributed by atoms with Crippen LogP contribution in [0.25, 0.3) is 11.1 Å². The Bertz CT molecular complexity index is 1040. The smallest absolute Gasteiger partial charge is 0.302 e. The number of carbonyl (C=O) groups excluding carboxylic acids is 2. The van der Waals surface area contributed by atoms with E-state index >= 15 is 0 Å². The Labute approximate surface area is 174 Å². The second kappa shape index (κ2) is 7.91. The van der Waals surface area contributed by atoms with Crippen molar-refractivity contribution in [2.24, 2.45) is 11.8 Å². The molecule has 1 aliphatic carbocycles. The second-order valence-corrected chi connectivity index (χ2v) is 8.12. The molecule has 3 unspecified atom stereocenters. The number of para-hydroxylation sites is 2. The molecule has 2 fully saturated rings. The molecule has 1 saturated heterocycles. The summed E-state index contributed by atoms with van der Waals surface area (Å²) in [4.78, 5) is 28.8. The summed E-state index contributed by atoms with van der Waals surface area (Å²) in [5.41, 5.74) is 9.44. The number of rotatable bonds is 4. The van der Waals surface area contributed by atoms with Crippen LogP contribution in [0.4, 0.5) is 6.01 Å². The van der Waals surface area contributed by atoms with Crippen molar-refractivity contribution in [3.63, 3.8) is 0 Å². The molecule has 2 aromatic carbocycles. The predicted octanol–water partition coefficient (Wildman–Crippen LogP) is 3.49. The van der Waals surface area contributed by atoms with Gasteiger partial charge in [0.1, 0.15) is 5.52 Å². The van der Waals surface area contributed by atoms with Gasteiger partial charge in [-0.2, -0.15) is 4.98 Å². The van der Waals surface area contributed by atoms with Gasteiger partial charge in [0.25, 0.3) is 0 Å². The van der Waals surface area contributed by atoms with Crippen LogP contribution in [0.3, 0.4) is 0 Å². The second-order valence-electron chi connectivity index (χ2n) is 8.12. The summed E-state index contributed by atoms with van der Waals surface area (Å²) in [6.07, 6.45) is 4.54. The van der Waals surface area contributed by atoms with Gasteiger partial charge in [-0.1, -0.05) is 49.2 Å². The van der Waals surface area contributed by atoms with E-state index in [9.17, 15) is 9.59 Å². The Hall–Kier alpha value is -3.19. The molecule has 3 atom stereocenters. The molecule has 1 aliphatic heterocycles. The highest BCUT2D eigenvalue weighted by molar-refractivity contribution is 5.91. The minimum absolute atomic E-state index is 0.0896. The quantitative estimate of drug-likeness (QED) is 0.619. The molecular weight excluding hydrogens is 380 g/mol. The first-order valence-corrected chi connectivity index (χ1v) is 10.5. The summed E-state index contributed by atoms with van der Waals surface area (Å²) < 4.78 is 5.55. The van der Waals surface area contributed by atoms with Crippen LogP contribution in [0.1, 0.15) is 42.9 Å². The van der Waals surface area contributed by atoms with Gasteiger partial charge in [-0.05, 0) is 42.0 Å². The first-order chi connectivity index (χ1) is 14.7. The third-order valence-corrected chi connectivity index (χ3v) is 6.18. The van der Waals surface area contributed by atoms with Crippen molar-refractivity contribution in [3.05, 3.63) is 59.7 Å². The van der Waals surface area contributed by atoms with Crippen LogP contribution < -0.4 is 16.2 Å². The maximum Gasteiger partial charge on any atom is 0.302 e. The van der Waals surface area contributed by atoms with E-state index in [1.807, 2.05) is 48.5 Å². The molecule has 30 heavy (non-hydrogen) atoms. The fourth-order valence-corrected chi connectivity index (χ4v) is 4.68. The van der Waals surface area contributed by atoms with Gasteiger partial charge in [-0.3, -0.25) is 20.3 Å². The highest BCUT2D eigenvalue weighted by Crippen LogP contribution is 2.40. The van der Waals surface area contributed by atoms with Crippen molar-refractivity contribution in [1.82, 2.24) is 15.8 Å². The molecular formula is C23H24N4O3. The van der Waals surface area contributed by atoms with E-state index in [0.29, 0.717) is 17.0 Å². The number of nitrogens with one attached hydrogen (secondary N) is 3. The minimum atomic E-state index is -0.176. The first kappa shape index (κ1) is 18.8. The number of amides is 2. The largest absolute Gasteiger partial charge is 0.423 e. The Morgan fingerprint density at radius 2 is 1.90 bits per heavy atom. The molecule has 7 heteroatoms. The van der Waals surface area contributed by atoms with E-state index < -0.39 is 0 Å². The van der Waals surface area contributed by atoms with Crippen molar-refractivity contribution in [2.45, 2.75) is 38.1 Å². The van der Waals surface area contributed by atoms with Crippen LogP contribution in [-0.2, 0) is 16.0 Å². The van der Waals surface area contributed by atoms with Crippen LogP contribution in [0, 0.1) is 11.8 Å². The molecule has 0 bridgehead atoms. The Morgan fingerprint density at radius 3 is 2.73 bits per heavy atom. The molecule has 2 heterocycles. The molecule has 3 N–H and O–H groups in total. The van der Waals surface area contributed by atoms with Gasteiger partial charge >= 0.3 is 6.01 Å². The lowest BCUT2D eigenvalue weighted by molar-refractivity contribution is -0.133. The van der Waals surface area contributed by atoms with Crippen molar-refractivity contribution in [2.75, 3.05) is 5.32 Å². The SMILES string of the molecule is O=C(Cc1ccc(C2NNC(=O)C3CCCCC32)cc1)Nc1nc2ccccc2o1. The highest BCUT2D eigenvalue weighted by atomic mass is 16.4. The van der Waals surface area contributed by atoms with Crippen LogP contribution in [0.5, 0.6) is 0 Å². The minimum Gasteiger partial charge on any atom is -0.423 e. The number of nitrogens with zero attached hydrogens (tertiary/aromatic N) is 1. The summed E-state index contributed by atoms with van der Waals surface area (Å²) in [7, 11) is 0. The maximum absolute atomic E-state index is 12.4. The number of benzene rings is 2. The number of hydrogen-bond donors (Lipinski definition) is 3. The Kier molecular flexibility index (Phi) is 4.96.